The van der Waals surface area contributed by atoms with Crippen LogP contribution in [0.1, 0.15) is 38.7 Å². The summed E-state index contributed by atoms with van der Waals surface area (Å²) in [6, 6.07) is 6.81. The van der Waals surface area contributed by atoms with E-state index >= 15 is 0 Å². The van der Waals surface area contributed by atoms with Gasteiger partial charge in [-0.3, -0.25) is 0 Å². The van der Waals surface area contributed by atoms with Gasteiger partial charge in [0.2, 0.25) is 0 Å². The molecule has 3 atom stereocenters. The highest BCUT2D eigenvalue weighted by molar-refractivity contribution is 5.47. The predicted octanol–water partition coefficient (Wildman–Crippen LogP) is 3.37. The van der Waals surface area contributed by atoms with Crippen molar-refractivity contribution >= 4 is 0 Å². The van der Waals surface area contributed by atoms with Crippen LogP contribution in [0.3, 0.4) is 0 Å². The third-order valence-corrected chi connectivity index (χ3v) is 4.63. The molecule has 1 heterocycles. The van der Waals surface area contributed by atoms with Crippen molar-refractivity contribution in [3.8, 4) is 11.5 Å². The van der Waals surface area contributed by atoms with E-state index in [-0.39, 0.29) is 0 Å². The van der Waals surface area contributed by atoms with E-state index in [2.05, 4.69) is 31.3 Å². The van der Waals surface area contributed by atoms with Crippen LogP contribution in [0, 0.1) is 11.8 Å². The number of benzene rings is 1. The second kappa shape index (κ2) is 6.04. The predicted molar refractivity (Wildman–Crippen MR) is 80.2 cm³/mol. The highest BCUT2D eigenvalue weighted by Crippen LogP contribution is 2.34. The molecule has 3 nitrogen and oxygen atoms in total. The molecule has 1 aliphatic carbocycles. The molecule has 1 saturated carbocycles. The van der Waals surface area contributed by atoms with E-state index in [0.717, 1.165) is 29.9 Å². The number of hydrogen-bond donors (Lipinski definition) is 1. The number of ether oxygens (including phenoxy) is 2. The van der Waals surface area contributed by atoms with Crippen LogP contribution in [-0.4, -0.2) is 19.3 Å². The molecule has 1 aromatic rings. The molecule has 0 radical (unpaired) electrons. The van der Waals surface area contributed by atoms with Crippen LogP contribution in [0.4, 0.5) is 0 Å². The maximum Gasteiger partial charge on any atom is 0.165 e. The SMILES string of the molecule is CC1CCC(NCc2cccc3c2OCCO3)C(C)C1. The van der Waals surface area contributed by atoms with Gasteiger partial charge in [-0.25, -0.2) is 0 Å². The third kappa shape index (κ3) is 2.93. The lowest BCUT2D eigenvalue weighted by molar-refractivity contribution is 0.168. The summed E-state index contributed by atoms with van der Waals surface area (Å²) in [6.45, 7) is 6.91. The van der Waals surface area contributed by atoms with Crippen LogP contribution in [0.5, 0.6) is 11.5 Å². The first-order chi connectivity index (χ1) is 9.74. The van der Waals surface area contributed by atoms with E-state index in [4.69, 9.17) is 9.47 Å². The molecule has 0 spiro atoms. The average molecular weight is 275 g/mol. The van der Waals surface area contributed by atoms with Crippen LogP contribution < -0.4 is 14.8 Å². The van der Waals surface area contributed by atoms with Gasteiger partial charge in [0.15, 0.2) is 11.5 Å². The quantitative estimate of drug-likeness (QED) is 0.917. The summed E-state index contributed by atoms with van der Waals surface area (Å²) in [5.74, 6) is 3.46. The first-order valence-electron chi connectivity index (χ1n) is 7.85. The fourth-order valence-electron chi connectivity index (χ4n) is 3.48. The zero-order valence-electron chi connectivity index (χ0n) is 12.5. The summed E-state index contributed by atoms with van der Waals surface area (Å²) in [5.41, 5.74) is 1.22. The van der Waals surface area contributed by atoms with Gasteiger partial charge in [-0.2, -0.15) is 0 Å². The molecule has 0 aromatic heterocycles. The van der Waals surface area contributed by atoms with E-state index in [1.807, 2.05) is 6.07 Å². The van der Waals surface area contributed by atoms with Crippen molar-refractivity contribution in [3.63, 3.8) is 0 Å². The zero-order valence-corrected chi connectivity index (χ0v) is 12.5. The minimum atomic E-state index is 0.631. The number of para-hydroxylation sites is 1. The molecular weight excluding hydrogens is 250 g/mol. The van der Waals surface area contributed by atoms with Gasteiger partial charge >= 0.3 is 0 Å². The maximum atomic E-state index is 5.77. The molecular formula is C17H25NO2. The van der Waals surface area contributed by atoms with Crippen LogP contribution in [0.15, 0.2) is 18.2 Å². The fraction of sp³-hybridized carbons (Fsp3) is 0.647. The Hall–Kier alpha value is -1.22. The van der Waals surface area contributed by atoms with Crippen LogP contribution in [0.25, 0.3) is 0 Å². The first-order valence-corrected chi connectivity index (χ1v) is 7.85. The smallest absolute Gasteiger partial charge is 0.165 e. The molecule has 1 N–H and O–H groups in total. The minimum Gasteiger partial charge on any atom is -0.486 e. The molecule has 3 rings (SSSR count). The van der Waals surface area contributed by atoms with Crippen LogP contribution in [0.2, 0.25) is 0 Å². The Labute approximate surface area is 121 Å². The Balaban J connectivity index is 1.64. The summed E-state index contributed by atoms with van der Waals surface area (Å²) in [6.07, 6.45) is 3.97. The van der Waals surface area contributed by atoms with Crippen molar-refractivity contribution in [1.29, 1.82) is 0 Å². The molecule has 1 aromatic carbocycles. The van der Waals surface area contributed by atoms with E-state index < -0.39 is 0 Å². The largest absolute Gasteiger partial charge is 0.486 e. The Morgan fingerprint density at radius 1 is 1.15 bits per heavy atom. The molecule has 2 aliphatic rings. The molecule has 0 saturated heterocycles. The molecule has 1 fully saturated rings. The van der Waals surface area contributed by atoms with Gasteiger partial charge < -0.3 is 14.8 Å². The normalized spacial score (nSPS) is 29.2. The zero-order chi connectivity index (χ0) is 13.9. The highest BCUT2D eigenvalue weighted by Gasteiger charge is 2.25. The van der Waals surface area contributed by atoms with E-state index in [1.165, 1.54) is 24.8 Å². The van der Waals surface area contributed by atoms with E-state index in [0.29, 0.717) is 19.3 Å². The van der Waals surface area contributed by atoms with Crippen molar-refractivity contribution in [2.75, 3.05) is 13.2 Å². The molecule has 110 valence electrons. The maximum absolute atomic E-state index is 5.77. The Morgan fingerprint density at radius 3 is 2.85 bits per heavy atom. The van der Waals surface area contributed by atoms with Crippen molar-refractivity contribution < 1.29 is 9.47 Å². The van der Waals surface area contributed by atoms with Gasteiger partial charge in [0, 0.05) is 18.2 Å². The molecule has 20 heavy (non-hydrogen) atoms. The lowest BCUT2D eigenvalue weighted by Gasteiger charge is -2.33. The molecule has 1 aliphatic heterocycles. The van der Waals surface area contributed by atoms with Crippen molar-refractivity contribution in [3.05, 3.63) is 23.8 Å². The van der Waals surface area contributed by atoms with Crippen LogP contribution >= 0.6 is 0 Å². The average Bonchev–Trinajstić information content (AvgIpc) is 2.46. The lowest BCUT2D eigenvalue weighted by Crippen LogP contribution is -2.38. The summed E-state index contributed by atoms with van der Waals surface area (Å²) in [5, 5.41) is 3.72. The van der Waals surface area contributed by atoms with Crippen molar-refractivity contribution in [2.45, 2.75) is 45.7 Å². The lowest BCUT2D eigenvalue weighted by atomic mass is 9.80. The minimum absolute atomic E-state index is 0.631. The third-order valence-electron chi connectivity index (χ3n) is 4.63. The van der Waals surface area contributed by atoms with E-state index in [9.17, 15) is 0 Å². The Kier molecular flexibility index (Phi) is 4.16. The van der Waals surface area contributed by atoms with Gasteiger partial charge in [0.1, 0.15) is 13.2 Å². The molecule has 0 bridgehead atoms. The monoisotopic (exact) mass is 275 g/mol. The number of rotatable bonds is 3. The summed E-state index contributed by atoms with van der Waals surface area (Å²) < 4.78 is 11.4. The topological polar surface area (TPSA) is 30.5 Å². The van der Waals surface area contributed by atoms with Crippen molar-refractivity contribution in [1.82, 2.24) is 5.32 Å². The fourth-order valence-corrected chi connectivity index (χ4v) is 3.48. The number of nitrogens with one attached hydrogen (secondary N) is 1. The van der Waals surface area contributed by atoms with Gasteiger partial charge in [-0.1, -0.05) is 26.0 Å². The van der Waals surface area contributed by atoms with Gasteiger partial charge in [-0.05, 0) is 37.2 Å². The van der Waals surface area contributed by atoms with Gasteiger partial charge in [0.25, 0.3) is 0 Å². The number of fused-ring (bicyclic) bond motifs is 1. The van der Waals surface area contributed by atoms with Gasteiger partial charge in [-0.15, -0.1) is 0 Å². The second-order valence-corrected chi connectivity index (χ2v) is 6.32. The molecule has 3 unspecified atom stereocenters. The summed E-state index contributed by atoms with van der Waals surface area (Å²) >= 11 is 0. The first kappa shape index (κ1) is 13.7. The highest BCUT2D eigenvalue weighted by atomic mass is 16.6. The van der Waals surface area contributed by atoms with Gasteiger partial charge in [0.05, 0.1) is 0 Å². The Morgan fingerprint density at radius 2 is 2.00 bits per heavy atom. The molecule has 3 heteroatoms. The van der Waals surface area contributed by atoms with Crippen LogP contribution in [-0.2, 0) is 6.54 Å². The molecule has 0 amide bonds. The number of hydrogen-bond acceptors (Lipinski definition) is 3. The Bertz CT molecular complexity index is 460. The summed E-state index contributed by atoms with van der Waals surface area (Å²) in [7, 11) is 0. The standard InChI is InChI=1S/C17H25NO2/c1-12-6-7-15(13(2)10-12)18-11-14-4-3-5-16-17(14)20-9-8-19-16/h3-5,12-13,15,18H,6-11H2,1-2H3. The van der Waals surface area contributed by atoms with Crippen molar-refractivity contribution in [2.24, 2.45) is 11.8 Å². The summed E-state index contributed by atoms with van der Waals surface area (Å²) in [4.78, 5) is 0. The second-order valence-electron chi connectivity index (χ2n) is 6.32. The van der Waals surface area contributed by atoms with E-state index in [1.54, 1.807) is 0 Å².